The number of fused-ring (bicyclic) bond motifs is 3. The summed E-state index contributed by atoms with van der Waals surface area (Å²) >= 11 is 8.14. The molecule has 4 amide bonds. The standard InChI is InChI=1S/C36H41ClN6O7S2/c1-5-22-20-51-31(38-22)25-17-28(24-11-12-27(49-4)29(37)30(24)39-25)50-23-16-26-32(44)42(3)15-9-7-6-8-10-21-18-36(21,40-34(46)43(26)19-23)33(45)41-52(47,48)35(2)13-14-35/h5,8,10-12,17,20-21,23,26H,1,6-7,9,13-16,18-19H2,2-4H3,(H,40,46)(H,41,45)/t21-,23+,26+,36-/m1/s1. The van der Waals surface area contributed by atoms with Crippen LogP contribution in [0.4, 0.5) is 4.79 Å². The van der Waals surface area contributed by atoms with Gasteiger partial charge in [-0.3, -0.25) is 14.3 Å². The number of carbonyl (C=O) groups excluding carboxylic acids is 3. The number of amides is 4. The largest absolute Gasteiger partial charge is 0.495 e. The molecule has 1 saturated heterocycles. The van der Waals surface area contributed by atoms with Crippen molar-refractivity contribution < 1.29 is 32.3 Å². The summed E-state index contributed by atoms with van der Waals surface area (Å²) in [5, 5.41) is 6.25. The van der Waals surface area contributed by atoms with Crippen LogP contribution in [0.1, 0.15) is 57.6 Å². The number of carbonyl (C=O) groups is 3. The number of hydrogen-bond donors (Lipinski definition) is 2. The molecule has 13 nitrogen and oxygen atoms in total. The van der Waals surface area contributed by atoms with Crippen LogP contribution >= 0.6 is 22.9 Å². The smallest absolute Gasteiger partial charge is 0.319 e. The first kappa shape index (κ1) is 36.2. The molecule has 0 bridgehead atoms. The lowest BCUT2D eigenvalue weighted by Gasteiger charge is -2.30. The molecule has 16 heteroatoms. The van der Waals surface area contributed by atoms with Crippen LogP contribution in [0.2, 0.25) is 5.02 Å². The SMILES string of the molecule is C=Cc1csc(-c2cc(O[C@H]3C[C@H]4C(=O)N(C)CCCCC=C[C@@H]5C[C@@]5(C(=O)NS(=O)(=O)C5(C)CC5)NC(=O)N4C3)c3ccc(OC)c(Cl)c3n2)n1. The van der Waals surface area contributed by atoms with Gasteiger partial charge in [-0.25, -0.2) is 23.2 Å². The number of methoxy groups -OCH3 is 1. The number of hydrogen-bond acceptors (Lipinski definition) is 10. The number of allylic oxidation sites excluding steroid dienone is 1. The second-order valence-corrected chi connectivity index (χ2v) is 17.6. The fourth-order valence-corrected chi connectivity index (χ4v) is 9.21. The van der Waals surface area contributed by atoms with Crippen molar-refractivity contribution in [1.29, 1.82) is 0 Å². The number of ether oxygens (including phenoxy) is 2. The van der Waals surface area contributed by atoms with Crippen molar-refractivity contribution >= 4 is 67.8 Å². The summed E-state index contributed by atoms with van der Waals surface area (Å²) in [6.45, 7) is 5.93. The zero-order chi connectivity index (χ0) is 37.0. The van der Waals surface area contributed by atoms with Gasteiger partial charge in [0.1, 0.15) is 44.9 Å². The minimum absolute atomic E-state index is 0.0194. The van der Waals surface area contributed by atoms with Gasteiger partial charge in [0.25, 0.3) is 5.91 Å². The van der Waals surface area contributed by atoms with Gasteiger partial charge in [-0.15, -0.1) is 11.3 Å². The Bertz CT molecular complexity index is 2100. The molecular formula is C36H41ClN6O7S2. The zero-order valence-electron chi connectivity index (χ0n) is 29.2. The number of thiazole rings is 1. The van der Waals surface area contributed by atoms with Crippen molar-refractivity contribution in [2.75, 3.05) is 27.2 Å². The Labute approximate surface area is 311 Å². The van der Waals surface area contributed by atoms with Crippen molar-refractivity contribution in [1.82, 2.24) is 29.8 Å². The summed E-state index contributed by atoms with van der Waals surface area (Å²) in [4.78, 5) is 54.3. The van der Waals surface area contributed by atoms with Crippen LogP contribution in [0.25, 0.3) is 27.7 Å². The van der Waals surface area contributed by atoms with E-state index < -0.39 is 50.3 Å². The molecule has 1 aromatic carbocycles. The summed E-state index contributed by atoms with van der Waals surface area (Å²) in [6, 6.07) is 3.72. The molecule has 4 atom stereocenters. The maximum atomic E-state index is 14.2. The Hall–Kier alpha value is -4.21. The normalized spacial score (nSPS) is 25.8. The van der Waals surface area contributed by atoms with Gasteiger partial charge in [0, 0.05) is 42.8 Å². The third-order valence-electron chi connectivity index (χ3n) is 10.6. The highest BCUT2D eigenvalue weighted by Gasteiger charge is 2.63. The third-order valence-corrected chi connectivity index (χ3v) is 14.0. The highest BCUT2D eigenvalue weighted by molar-refractivity contribution is 7.91. The molecule has 2 aliphatic carbocycles. The van der Waals surface area contributed by atoms with Crippen LogP contribution in [0.3, 0.4) is 0 Å². The maximum Gasteiger partial charge on any atom is 0.319 e. The number of sulfonamides is 1. The van der Waals surface area contributed by atoms with E-state index in [1.807, 2.05) is 17.5 Å². The van der Waals surface area contributed by atoms with Gasteiger partial charge in [-0.2, -0.15) is 0 Å². The molecule has 3 fully saturated rings. The van der Waals surface area contributed by atoms with E-state index in [2.05, 4.69) is 21.6 Å². The van der Waals surface area contributed by atoms with Crippen molar-refractivity contribution in [3.8, 4) is 22.2 Å². The minimum Gasteiger partial charge on any atom is -0.495 e. The summed E-state index contributed by atoms with van der Waals surface area (Å²) in [6.07, 6.45) is 8.45. The van der Waals surface area contributed by atoms with Crippen LogP contribution in [-0.2, 0) is 19.6 Å². The van der Waals surface area contributed by atoms with Crippen LogP contribution in [0.15, 0.2) is 42.3 Å². The topological polar surface area (TPSA) is 160 Å². The average Bonchev–Trinajstić information content (AvgIpc) is 3.90. The van der Waals surface area contributed by atoms with Crippen molar-refractivity contribution in [3.63, 3.8) is 0 Å². The minimum atomic E-state index is -3.95. The number of nitrogens with zero attached hydrogens (tertiary/aromatic N) is 4. The molecule has 2 N–H and O–H groups in total. The fourth-order valence-electron chi connectivity index (χ4n) is 6.85. The number of likely N-dealkylation sites (N-methyl/N-ethyl adjacent to an activating group) is 1. The summed E-state index contributed by atoms with van der Waals surface area (Å²) in [5.41, 5.74) is 0.166. The van der Waals surface area contributed by atoms with Gasteiger partial charge < -0.3 is 24.6 Å². The number of nitrogens with one attached hydrogen (secondary N) is 2. The molecule has 0 radical (unpaired) electrons. The first-order chi connectivity index (χ1) is 24.8. The number of aromatic nitrogens is 2. The maximum absolute atomic E-state index is 14.2. The molecule has 2 aliphatic heterocycles. The van der Waals surface area contributed by atoms with Crippen LogP contribution < -0.4 is 19.5 Å². The van der Waals surface area contributed by atoms with Gasteiger partial charge in [0.05, 0.1) is 29.6 Å². The fraction of sp³-hybridized carbons (Fsp3) is 0.472. The molecule has 0 spiro atoms. The Kier molecular flexibility index (Phi) is 9.49. The highest BCUT2D eigenvalue weighted by atomic mass is 35.5. The van der Waals surface area contributed by atoms with Crippen LogP contribution in [0, 0.1) is 5.92 Å². The van der Waals surface area contributed by atoms with Gasteiger partial charge in [-0.05, 0) is 63.7 Å². The second kappa shape index (κ2) is 13.6. The van der Waals surface area contributed by atoms with E-state index in [1.165, 1.54) is 23.3 Å². The molecule has 7 rings (SSSR count). The van der Waals surface area contributed by atoms with E-state index in [-0.39, 0.29) is 25.3 Å². The Morgan fingerprint density at radius 3 is 2.71 bits per heavy atom. The number of rotatable bonds is 8. The predicted molar refractivity (Wildman–Crippen MR) is 199 cm³/mol. The molecular weight excluding hydrogens is 728 g/mol. The molecule has 276 valence electrons. The Morgan fingerprint density at radius 2 is 2.00 bits per heavy atom. The molecule has 3 aromatic rings. The first-order valence-electron chi connectivity index (χ1n) is 17.3. The van der Waals surface area contributed by atoms with E-state index in [4.69, 9.17) is 26.1 Å². The zero-order valence-corrected chi connectivity index (χ0v) is 31.6. The number of benzene rings is 1. The summed E-state index contributed by atoms with van der Waals surface area (Å²) in [5.74, 6) is -0.560. The molecule has 2 aromatic heterocycles. The second-order valence-electron chi connectivity index (χ2n) is 14.2. The summed E-state index contributed by atoms with van der Waals surface area (Å²) < 4.78 is 39.5. The lowest BCUT2D eigenvalue weighted by atomic mass is 10.1. The number of pyridine rings is 1. The molecule has 52 heavy (non-hydrogen) atoms. The predicted octanol–water partition coefficient (Wildman–Crippen LogP) is 5.15. The van der Waals surface area contributed by atoms with Gasteiger partial charge in [-0.1, -0.05) is 30.3 Å². The quantitative estimate of drug-likeness (QED) is 0.296. The summed E-state index contributed by atoms with van der Waals surface area (Å²) in [7, 11) is -0.720. The van der Waals surface area contributed by atoms with Gasteiger partial charge >= 0.3 is 6.03 Å². The Balaban J connectivity index is 1.21. The molecule has 4 heterocycles. The van der Waals surface area contributed by atoms with E-state index in [0.29, 0.717) is 63.2 Å². The van der Waals surface area contributed by atoms with Crippen LogP contribution in [-0.4, -0.2) is 95.7 Å². The van der Waals surface area contributed by atoms with E-state index >= 15 is 0 Å². The van der Waals surface area contributed by atoms with Crippen molar-refractivity contribution in [3.05, 3.63) is 53.0 Å². The van der Waals surface area contributed by atoms with E-state index in [1.54, 1.807) is 43.1 Å². The number of urea groups is 1. The van der Waals surface area contributed by atoms with Crippen molar-refractivity contribution in [2.45, 2.75) is 74.3 Å². The van der Waals surface area contributed by atoms with Crippen LogP contribution in [0.5, 0.6) is 11.5 Å². The lowest BCUT2D eigenvalue weighted by molar-refractivity contribution is -0.134. The molecule has 0 unspecified atom stereocenters. The van der Waals surface area contributed by atoms with Gasteiger partial charge in [0.15, 0.2) is 0 Å². The monoisotopic (exact) mass is 768 g/mol. The van der Waals surface area contributed by atoms with Crippen molar-refractivity contribution in [2.24, 2.45) is 5.92 Å². The average molecular weight is 769 g/mol. The molecule has 2 saturated carbocycles. The third kappa shape index (κ3) is 6.62. The number of halogens is 1. The Morgan fingerprint density at radius 1 is 1.21 bits per heavy atom. The highest BCUT2D eigenvalue weighted by Crippen LogP contribution is 2.48. The first-order valence-corrected chi connectivity index (χ1v) is 20.0. The van der Waals surface area contributed by atoms with Gasteiger partial charge in [0.2, 0.25) is 15.9 Å². The van der Waals surface area contributed by atoms with E-state index in [0.717, 1.165) is 19.3 Å². The lowest BCUT2D eigenvalue weighted by Crippen LogP contribution is -2.58. The molecule has 4 aliphatic rings. The van der Waals surface area contributed by atoms with E-state index in [9.17, 15) is 22.8 Å².